The number of nitrogens with zero attached hydrogens (tertiary/aromatic N) is 2. The number of carbonyl (C=O) groups is 1. The van der Waals surface area contributed by atoms with E-state index in [2.05, 4.69) is 36.5 Å². The number of aromatic nitrogens is 2. The SMILES string of the molecule is Cc1ccc(-c2cn3cccc(C)c3n2)cc1NC(=O)CCCc1ccccc1. The topological polar surface area (TPSA) is 46.4 Å². The van der Waals surface area contributed by atoms with Crippen molar-refractivity contribution in [2.75, 3.05) is 5.32 Å². The van der Waals surface area contributed by atoms with Crippen molar-refractivity contribution in [3.8, 4) is 11.3 Å². The van der Waals surface area contributed by atoms with E-state index >= 15 is 0 Å². The number of fused-ring (bicyclic) bond motifs is 1. The van der Waals surface area contributed by atoms with Gasteiger partial charge >= 0.3 is 0 Å². The first-order valence-corrected chi connectivity index (χ1v) is 9.99. The number of imidazole rings is 1. The highest BCUT2D eigenvalue weighted by Crippen LogP contribution is 2.26. The number of anilines is 1. The lowest BCUT2D eigenvalue weighted by Gasteiger charge is -2.10. The van der Waals surface area contributed by atoms with E-state index < -0.39 is 0 Å². The van der Waals surface area contributed by atoms with Gasteiger partial charge in [0, 0.05) is 30.1 Å². The van der Waals surface area contributed by atoms with Crippen LogP contribution in [0.25, 0.3) is 16.9 Å². The van der Waals surface area contributed by atoms with Crippen molar-refractivity contribution < 1.29 is 4.79 Å². The fourth-order valence-corrected chi connectivity index (χ4v) is 3.52. The summed E-state index contributed by atoms with van der Waals surface area (Å²) in [5.74, 6) is 0.0482. The number of hydrogen-bond acceptors (Lipinski definition) is 2. The van der Waals surface area contributed by atoms with Crippen LogP contribution in [0.1, 0.15) is 29.5 Å². The average molecular weight is 383 g/mol. The van der Waals surface area contributed by atoms with Gasteiger partial charge in [0.25, 0.3) is 0 Å². The zero-order valence-corrected chi connectivity index (χ0v) is 16.9. The first-order valence-electron chi connectivity index (χ1n) is 9.99. The van der Waals surface area contributed by atoms with E-state index in [0.29, 0.717) is 6.42 Å². The summed E-state index contributed by atoms with van der Waals surface area (Å²) in [6.07, 6.45) is 6.28. The third-order valence-electron chi connectivity index (χ3n) is 5.20. The minimum absolute atomic E-state index is 0.0482. The highest BCUT2D eigenvalue weighted by molar-refractivity contribution is 5.92. The van der Waals surface area contributed by atoms with Crippen LogP contribution in [0.3, 0.4) is 0 Å². The monoisotopic (exact) mass is 383 g/mol. The quantitative estimate of drug-likeness (QED) is 0.472. The maximum absolute atomic E-state index is 12.5. The van der Waals surface area contributed by atoms with Crippen molar-refractivity contribution >= 4 is 17.2 Å². The Balaban J connectivity index is 1.46. The van der Waals surface area contributed by atoms with Crippen LogP contribution >= 0.6 is 0 Å². The molecule has 0 radical (unpaired) electrons. The molecule has 29 heavy (non-hydrogen) atoms. The van der Waals surface area contributed by atoms with Gasteiger partial charge in [-0.2, -0.15) is 0 Å². The molecule has 0 aliphatic carbocycles. The van der Waals surface area contributed by atoms with E-state index in [1.54, 1.807) is 0 Å². The lowest BCUT2D eigenvalue weighted by Crippen LogP contribution is -2.12. The Morgan fingerprint density at radius 3 is 2.62 bits per heavy atom. The molecular formula is C25H25N3O. The normalized spacial score (nSPS) is 11.0. The molecular weight excluding hydrogens is 358 g/mol. The highest BCUT2D eigenvalue weighted by atomic mass is 16.1. The summed E-state index contributed by atoms with van der Waals surface area (Å²) in [7, 11) is 0. The Morgan fingerprint density at radius 1 is 1.00 bits per heavy atom. The number of amides is 1. The second kappa shape index (κ2) is 8.31. The standard InChI is InChI=1S/C25H25N3O/c1-18-13-14-21(23-17-28-15-7-8-19(2)25(28)27-23)16-22(18)26-24(29)12-6-11-20-9-4-3-5-10-20/h3-5,7-10,13-17H,6,11-12H2,1-2H3,(H,26,29). The lowest BCUT2D eigenvalue weighted by molar-refractivity contribution is -0.116. The molecule has 2 aromatic carbocycles. The lowest BCUT2D eigenvalue weighted by atomic mass is 10.1. The number of aryl methyl sites for hydroxylation is 3. The number of rotatable bonds is 6. The molecule has 0 unspecified atom stereocenters. The molecule has 1 N–H and O–H groups in total. The number of hydrogen-bond donors (Lipinski definition) is 1. The van der Waals surface area contributed by atoms with Gasteiger partial charge in [-0.25, -0.2) is 4.98 Å². The molecule has 0 aliphatic heterocycles. The minimum Gasteiger partial charge on any atom is -0.326 e. The van der Waals surface area contributed by atoms with E-state index in [-0.39, 0.29) is 5.91 Å². The van der Waals surface area contributed by atoms with Crippen LogP contribution in [0.4, 0.5) is 5.69 Å². The summed E-state index contributed by atoms with van der Waals surface area (Å²) >= 11 is 0. The van der Waals surface area contributed by atoms with E-state index in [0.717, 1.165) is 46.6 Å². The number of pyridine rings is 1. The summed E-state index contributed by atoms with van der Waals surface area (Å²) in [6.45, 7) is 4.07. The van der Waals surface area contributed by atoms with Crippen LogP contribution < -0.4 is 5.32 Å². The van der Waals surface area contributed by atoms with Crippen molar-refractivity contribution in [1.29, 1.82) is 0 Å². The second-order valence-electron chi connectivity index (χ2n) is 7.47. The van der Waals surface area contributed by atoms with Gasteiger partial charge in [0.15, 0.2) is 0 Å². The first-order chi connectivity index (χ1) is 14.1. The molecule has 0 saturated carbocycles. The zero-order chi connectivity index (χ0) is 20.2. The summed E-state index contributed by atoms with van der Waals surface area (Å²) in [5.41, 5.74) is 7.15. The highest BCUT2D eigenvalue weighted by Gasteiger charge is 2.10. The van der Waals surface area contributed by atoms with Gasteiger partial charge in [-0.3, -0.25) is 4.79 Å². The molecule has 0 spiro atoms. The van der Waals surface area contributed by atoms with Crippen molar-refractivity contribution in [2.45, 2.75) is 33.1 Å². The minimum atomic E-state index is 0.0482. The van der Waals surface area contributed by atoms with Gasteiger partial charge in [0.2, 0.25) is 5.91 Å². The predicted octanol–water partition coefficient (Wildman–Crippen LogP) is 5.58. The molecule has 0 atom stereocenters. The van der Waals surface area contributed by atoms with E-state index in [4.69, 9.17) is 4.98 Å². The van der Waals surface area contributed by atoms with Crippen LogP contribution in [0.15, 0.2) is 73.1 Å². The van der Waals surface area contributed by atoms with Crippen LogP contribution in [-0.2, 0) is 11.2 Å². The van der Waals surface area contributed by atoms with Crippen LogP contribution in [0, 0.1) is 13.8 Å². The molecule has 0 saturated heterocycles. The van der Waals surface area contributed by atoms with Gasteiger partial charge in [-0.1, -0.05) is 48.5 Å². The van der Waals surface area contributed by atoms with Gasteiger partial charge in [0.1, 0.15) is 5.65 Å². The van der Waals surface area contributed by atoms with Gasteiger partial charge in [-0.05, 0) is 55.5 Å². The Morgan fingerprint density at radius 2 is 1.83 bits per heavy atom. The Kier molecular flexibility index (Phi) is 5.43. The molecule has 1 amide bonds. The fraction of sp³-hybridized carbons (Fsp3) is 0.200. The fourth-order valence-electron chi connectivity index (χ4n) is 3.52. The molecule has 146 valence electrons. The van der Waals surface area contributed by atoms with Crippen LogP contribution in [0.5, 0.6) is 0 Å². The summed E-state index contributed by atoms with van der Waals surface area (Å²) in [6, 6.07) is 20.5. The second-order valence-corrected chi connectivity index (χ2v) is 7.47. The van der Waals surface area contributed by atoms with Crippen LogP contribution in [0.2, 0.25) is 0 Å². The molecule has 4 rings (SSSR count). The summed E-state index contributed by atoms with van der Waals surface area (Å²) < 4.78 is 2.03. The van der Waals surface area contributed by atoms with Crippen molar-refractivity contribution in [3.05, 3.63) is 89.7 Å². The van der Waals surface area contributed by atoms with Gasteiger partial charge < -0.3 is 9.72 Å². The third-order valence-corrected chi connectivity index (χ3v) is 5.20. The number of nitrogens with one attached hydrogen (secondary N) is 1. The van der Waals surface area contributed by atoms with Crippen molar-refractivity contribution in [2.24, 2.45) is 0 Å². The number of carbonyl (C=O) groups excluding carboxylic acids is 1. The molecule has 0 bridgehead atoms. The maximum Gasteiger partial charge on any atom is 0.224 e. The van der Waals surface area contributed by atoms with Gasteiger partial charge in [-0.15, -0.1) is 0 Å². The molecule has 4 nitrogen and oxygen atoms in total. The Hall–Kier alpha value is -3.40. The predicted molar refractivity (Wildman–Crippen MR) is 118 cm³/mol. The zero-order valence-electron chi connectivity index (χ0n) is 16.9. The molecule has 2 heterocycles. The van der Waals surface area contributed by atoms with E-state index in [1.807, 2.05) is 60.1 Å². The van der Waals surface area contributed by atoms with Gasteiger partial charge in [0.05, 0.1) is 5.69 Å². The van der Waals surface area contributed by atoms with Crippen LogP contribution in [-0.4, -0.2) is 15.3 Å². The third kappa shape index (κ3) is 4.37. The molecule has 2 aromatic heterocycles. The molecule has 4 aromatic rings. The Bertz CT molecular complexity index is 1150. The first kappa shape index (κ1) is 18.9. The Labute approximate surface area is 171 Å². The van der Waals surface area contributed by atoms with Crippen molar-refractivity contribution in [1.82, 2.24) is 9.38 Å². The van der Waals surface area contributed by atoms with E-state index in [1.165, 1.54) is 5.56 Å². The van der Waals surface area contributed by atoms with Crippen molar-refractivity contribution in [3.63, 3.8) is 0 Å². The molecule has 0 aliphatic rings. The smallest absolute Gasteiger partial charge is 0.224 e. The van der Waals surface area contributed by atoms with E-state index in [9.17, 15) is 4.79 Å². The summed E-state index contributed by atoms with van der Waals surface area (Å²) in [4.78, 5) is 17.2. The maximum atomic E-state index is 12.5. The number of benzene rings is 2. The molecule has 4 heteroatoms. The average Bonchev–Trinajstić information content (AvgIpc) is 3.16. The summed E-state index contributed by atoms with van der Waals surface area (Å²) in [5, 5.41) is 3.08. The largest absolute Gasteiger partial charge is 0.326 e. The molecule has 0 fully saturated rings.